The fourth-order valence-electron chi connectivity index (χ4n) is 2.16. The Hall–Kier alpha value is -2.37. The molecule has 1 aliphatic rings. The maximum atomic E-state index is 12.4. The third kappa shape index (κ3) is 3.14. The second kappa shape index (κ2) is 5.73. The molecule has 0 spiro atoms. The number of carbonyl (C=O) groups is 3. The van der Waals surface area contributed by atoms with Crippen molar-refractivity contribution in [3.8, 4) is 0 Å². The topological polar surface area (TPSA) is 86.7 Å². The number of benzene rings is 1. The van der Waals surface area contributed by atoms with E-state index < -0.39 is 18.4 Å². The number of carboxylic acids is 1. The van der Waals surface area contributed by atoms with E-state index in [1.54, 1.807) is 12.1 Å². The van der Waals surface area contributed by atoms with Crippen LogP contribution in [0, 0.1) is 12.8 Å². The average molecular weight is 276 g/mol. The zero-order valence-electron chi connectivity index (χ0n) is 11.1. The Kier molecular flexibility index (Phi) is 4.02. The Labute approximate surface area is 116 Å². The van der Waals surface area contributed by atoms with Crippen LogP contribution in [0.1, 0.15) is 12.0 Å². The van der Waals surface area contributed by atoms with Gasteiger partial charge in [0.2, 0.25) is 11.8 Å². The molecule has 20 heavy (non-hydrogen) atoms. The number of carbonyl (C=O) groups excluding carboxylic acids is 2. The minimum Gasteiger partial charge on any atom is -0.480 e. The molecule has 0 saturated carbocycles. The van der Waals surface area contributed by atoms with Crippen molar-refractivity contribution in [1.82, 2.24) is 5.32 Å². The highest BCUT2D eigenvalue weighted by molar-refractivity contribution is 6.01. The molecule has 1 unspecified atom stereocenters. The van der Waals surface area contributed by atoms with Crippen LogP contribution in [0.2, 0.25) is 0 Å². The van der Waals surface area contributed by atoms with Crippen LogP contribution in [0.5, 0.6) is 0 Å². The van der Waals surface area contributed by atoms with Crippen LogP contribution in [0.25, 0.3) is 0 Å². The van der Waals surface area contributed by atoms with Crippen LogP contribution in [-0.4, -0.2) is 36.0 Å². The van der Waals surface area contributed by atoms with E-state index in [9.17, 15) is 14.4 Å². The van der Waals surface area contributed by atoms with E-state index in [-0.39, 0.29) is 24.8 Å². The number of carboxylic acid groups (broad SMARTS) is 1. The van der Waals surface area contributed by atoms with E-state index in [2.05, 4.69) is 5.32 Å². The van der Waals surface area contributed by atoms with E-state index in [1.165, 1.54) is 4.90 Å². The molecule has 2 N–H and O–H groups in total. The van der Waals surface area contributed by atoms with E-state index in [1.807, 2.05) is 19.1 Å². The molecule has 1 aliphatic heterocycles. The van der Waals surface area contributed by atoms with Crippen molar-refractivity contribution in [3.05, 3.63) is 29.8 Å². The first-order valence-electron chi connectivity index (χ1n) is 6.34. The molecule has 1 heterocycles. The highest BCUT2D eigenvalue weighted by Crippen LogP contribution is 2.20. The molecule has 106 valence electrons. The van der Waals surface area contributed by atoms with Gasteiger partial charge in [0.15, 0.2) is 0 Å². The van der Waals surface area contributed by atoms with Gasteiger partial charge in [-0.3, -0.25) is 14.4 Å². The summed E-state index contributed by atoms with van der Waals surface area (Å²) in [7, 11) is 0. The maximum absolute atomic E-state index is 12.4. The molecule has 2 amide bonds. The molecule has 1 saturated heterocycles. The summed E-state index contributed by atoms with van der Waals surface area (Å²) in [6.07, 6.45) is 0.112. The number of amides is 2. The lowest BCUT2D eigenvalue weighted by atomic mass is 10.1. The van der Waals surface area contributed by atoms with Gasteiger partial charge in [0.25, 0.3) is 0 Å². The Bertz CT molecular complexity index is 539. The van der Waals surface area contributed by atoms with Gasteiger partial charge in [0.1, 0.15) is 6.54 Å². The van der Waals surface area contributed by atoms with Gasteiger partial charge in [-0.15, -0.1) is 0 Å². The number of hydrogen-bond donors (Lipinski definition) is 2. The zero-order valence-corrected chi connectivity index (χ0v) is 11.1. The molecule has 0 radical (unpaired) electrons. The molecule has 1 fully saturated rings. The van der Waals surface area contributed by atoms with Crippen LogP contribution in [0.3, 0.4) is 0 Å². The zero-order chi connectivity index (χ0) is 14.7. The summed E-state index contributed by atoms with van der Waals surface area (Å²) in [4.78, 5) is 35.7. The molecular formula is C14H16N2O4. The highest BCUT2D eigenvalue weighted by atomic mass is 16.4. The van der Waals surface area contributed by atoms with Crippen molar-refractivity contribution in [2.45, 2.75) is 13.3 Å². The fraction of sp³-hybridized carbons (Fsp3) is 0.357. The van der Waals surface area contributed by atoms with Gasteiger partial charge in [-0.2, -0.15) is 0 Å². The minimum atomic E-state index is -1.09. The summed E-state index contributed by atoms with van der Waals surface area (Å²) in [5.41, 5.74) is 1.55. The largest absolute Gasteiger partial charge is 0.480 e. The Morgan fingerprint density at radius 1 is 1.35 bits per heavy atom. The Morgan fingerprint density at radius 3 is 2.50 bits per heavy atom. The van der Waals surface area contributed by atoms with Crippen LogP contribution < -0.4 is 10.2 Å². The SMILES string of the molecule is Cc1ccc(N(CC(=O)O)C(=O)C2CNC(=O)C2)cc1. The summed E-state index contributed by atoms with van der Waals surface area (Å²) < 4.78 is 0. The van der Waals surface area contributed by atoms with Crippen LogP contribution in [-0.2, 0) is 14.4 Å². The van der Waals surface area contributed by atoms with Crippen molar-refractivity contribution >= 4 is 23.5 Å². The highest BCUT2D eigenvalue weighted by Gasteiger charge is 2.32. The molecule has 1 aromatic carbocycles. The molecule has 1 aromatic rings. The number of aryl methyl sites for hydroxylation is 1. The number of hydrogen-bond acceptors (Lipinski definition) is 3. The normalized spacial score (nSPS) is 17.6. The smallest absolute Gasteiger partial charge is 0.323 e. The summed E-state index contributed by atoms with van der Waals surface area (Å²) in [6, 6.07) is 7.05. The van der Waals surface area contributed by atoms with Crippen LogP contribution in [0.15, 0.2) is 24.3 Å². The third-order valence-electron chi connectivity index (χ3n) is 3.23. The van der Waals surface area contributed by atoms with Gasteiger partial charge in [0.05, 0.1) is 5.92 Å². The number of aliphatic carboxylic acids is 1. The van der Waals surface area contributed by atoms with Crippen molar-refractivity contribution in [2.24, 2.45) is 5.92 Å². The predicted octanol–water partition coefficient (Wildman–Crippen LogP) is 0.549. The van der Waals surface area contributed by atoms with Gasteiger partial charge in [-0.25, -0.2) is 0 Å². The second-order valence-electron chi connectivity index (χ2n) is 4.86. The quantitative estimate of drug-likeness (QED) is 0.840. The summed E-state index contributed by atoms with van der Waals surface area (Å²) in [6.45, 7) is 1.76. The average Bonchev–Trinajstić information content (AvgIpc) is 2.83. The second-order valence-corrected chi connectivity index (χ2v) is 4.86. The van der Waals surface area contributed by atoms with Crippen molar-refractivity contribution in [2.75, 3.05) is 18.0 Å². The van der Waals surface area contributed by atoms with Gasteiger partial charge in [0, 0.05) is 18.7 Å². The Morgan fingerprint density at radius 2 is 2.00 bits per heavy atom. The first-order chi connectivity index (χ1) is 9.47. The number of nitrogens with one attached hydrogen (secondary N) is 1. The fourth-order valence-corrected chi connectivity index (χ4v) is 2.16. The van der Waals surface area contributed by atoms with E-state index in [4.69, 9.17) is 5.11 Å². The molecular weight excluding hydrogens is 260 g/mol. The lowest BCUT2D eigenvalue weighted by Crippen LogP contribution is -2.40. The molecule has 0 aromatic heterocycles. The Balaban J connectivity index is 2.22. The monoisotopic (exact) mass is 276 g/mol. The van der Waals surface area contributed by atoms with Crippen LogP contribution >= 0.6 is 0 Å². The molecule has 6 heteroatoms. The molecule has 1 atom stereocenters. The first-order valence-corrected chi connectivity index (χ1v) is 6.34. The van der Waals surface area contributed by atoms with Gasteiger partial charge < -0.3 is 15.3 Å². The summed E-state index contributed by atoms with van der Waals surface area (Å²) in [5.74, 6) is -2.10. The van der Waals surface area contributed by atoms with Gasteiger partial charge in [-0.05, 0) is 19.1 Å². The van der Waals surface area contributed by atoms with E-state index in [0.29, 0.717) is 5.69 Å². The lowest BCUT2D eigenvalue weighted by Gasteiger charge is -2.23. The number of rotatable bonds is 4. The summed E-state index contributed by atoms with van der Waals surface area (Å²) >= 11 is 0. The molecule has 6 nitrogen and oxygen atoms in total. The number of anilines is 1. The minimum absolute atomic E-state index is 0.112. The molecule has 0 aliphatic carbocycles. The van der Waals surface area contributed by atoms with E-state index in [0.717, 1.165) is 5.56 Å². The van der Waals surface area contributed by atoms with Gasteiger partial charge >= 0.3 is 5.97 Å². The summed E-state index contributed by atoms with van der Waals surface area (Å²) in [5, 5.41) is 11.6. The lowest BCUT2D eigenvalue weighted by molar-refractivity contribution is -0.137. The van der Waals surface area contributed by atoms with Gasteiger partial charge in [-0.1, -0.05) is 17.7 Å². The van der Waals surface area contributed by atoms with E-state index >= 15 is 0 Å². The predicted molar refractivity (Wildman–Crippen MR) is 72.3 cm³/mol. The van der Waals surface area contributed by atoms with Crippen LogP contribution in [0.4, 0.5) is 5.69 Å². The standard InChI is InChI=1S/C14H16N2O4/c1-9-2-4-11(5-3-9)16(8-13(18)19)14(20)10-6-12(17)15-7-10/h2-5,10H,6-8H2,1H3,(H,15,17)(H,18,19). The first kappa shape index (κ1) is 14.0. The van der Waals surface area contributed by atoms with Crippen molar-refractivity contribution in [1.29, 1.82) is 0 Å². The molecule has 0 bridgehead atoms. The molecule has 2 rings (SSSR count). The van der Waals surface area contributed by atoms with Crippen molar-refractivity contribution in [3.63, 3.8) is 0 Å². The number of nitrogens with zero attached hydrogens (tertiary/aromatic N) is 1. The maximum Gasteiger partial charge on any atom is 0.323 e. The third-order valence-corrected chi connectivity index (χ3v) is 3.23. The van der Waals surface area contributed by atoms with Crippen molar-refractivity contribution < 1.29 is 19.5 Å².